The molecule has 0 aromatic heterocycles. The molecule has 0 aromatic carbocycles. The lowest BCUT2D eigenvalue weighted by Gasteiger charge is -2.49. The quantitative estimate of drug-likeness (QED) is 0.535. The van der Waals surface area contributed by atoms with Gasteiger partial charge in [-0.1, -0.05) is 47.5 Å². The predicted octanol–water partition coefficient (Wildman–Crippen LogP) is 6.13. The molecule has 2 saturated carbocycles. The Labute approximate surface area is 125 Å². The summed E-state index contributed by atoms with van der Waals surface area (Å²) in [4.78, 5) is 0. The maximum Gasteiger partial charge on any atom is 0.0372 e. The minimum Gasteiger partial charge on any atom is -0.123 e. The number of hydrogen-bond acceptors (Lipinski definition) is 0. The minimum atomic E-state index is 0.411. The molecule has 0 aromatic rings. The molecule has 0 bridgehead atoms. The Morgan fingerprint density at radius 2 is 1.53 bits per heavy atom. The Kier molecular flexibility index (Phi) is 4.92. The van der Waals surface area contributed by atoms with Crippen molar-refractivity contribution in [3.8, 4) is 0 Å². The van der Waals surface area contributed by atoms with E-state index in [1.54, 1.807) is 0 Å². The van der Waals surface area contributed by atoms with Gasteiger partial charge < -0.3 is 0 Å². The van der Waals surface area contributed by atoms with Gasteiger partial charge in [-0.05, 0) is 60.7 Å². The van der Waals surface area contributed by atoms with E-state index in [4.69, 9.17) is 11.6 Å². The monoisotopic (exact) mass is 284 g/mol. The van der Waals surface area contributed by atoms with Crippen LogP contribution in [0.1, 0.15) is 73.1 Å². The molecule has 19 heavy (non-hydrogen) atoms. The Bertz CT molecular complexity index is 296. The van der Waals surface area contributed by atoms with Gasteiger partial charge in [-0.2, -0.15) is 0 Å². The van der Waals surface area contributed by atoms with E-state index >= 15 is 0 Å². The highest BCUT2D eigenvalue weighted by Gasteiger charge is 2.44. The first kappa shape index (κ1) is 15.7. The second kappa shape index (κ2) is 5.96. The van der Waals surface area contributed by atoms with Crippen molar-refractivity contribution >= 4 is 11.6 Å². The predicted molar refractivity (Wildman–Crippen MR) is 85.6 cm³/mol. The first-order valence-electron chi connectivity index (χ1n) is 8.46. The van der Waals surface area contributed by atoms with Crippen LogP contribution in [0.15, 0.2) is 0 Å². The van der Waals surface area contributed by atoms with Crippen LogP contribution in [0.4, 0.5) is 0 Å². The summed E-state index contributed by atoms with van der Waals surface area (Å²) in [7, 11) is 0. The Morgan fingerprint density at radius 1 is 0.842 bits per heavy atom. The second-order valence-corrected chi connectivity index (χ2v) is 8.89. The number of halogens is 1. The molecule has 2 aliphatic rings. The van der Waals surface area contributed by atoms with Gasteiger partial charge in [0, 0.05) is 5.38 Å². The van der Waals surface area contributed by atoms with E-state index in [-0.39, 0.29) is 0 Å². The van der Waals surface area contributed by atoms with Crippen LogP contribution < -0.4 is 0 Å². The maximum atomic E-state index is 6.75. The van der Waals surface area contributed by atoms with E-state index in [0.717, 1.165) is 29.6 Å². The summed E-state index contributed by atoms with van der Waals surface area (Å²) in [6.45, 7) is 12.3. The van der Waals surface area contributed by atoms with Crippen molar-refractivity contribution in [1.82, 2.24) is 0 Å². The standard InChI is InChI=1S/C18H33Cl/c1-12-6-9-16(17(19)10-12)18(4,5)15-8-7-13(2)14(3)11-15/h12-17H,6-11H2,1-5H3. The fraction of sp³-hybridized carbons (Fsp3) is 1.00. The van der Waals surface area contributed by atoms with Gasteiger partial charge in [0.25, 0.3) is 0 Å². The zero-order valence-electron chi connectivity index (χ0n) is 13.6. The highest BCUT2D eigenvalue weighted by atomic mass is 35.5. The van der Waals surface area contributed by atoms with Crippen LogP contribution in [0, 0.1) is 35.0 Å². The SMILES string of the molecule is CC1CCC(C(C)(C)C2CCC(C)C(C)C2)C(Cl)C1. The lowest BCUT2D eigenvalue weighted by atomic mass is 9.58. The molecule has 0 N–H and O–H groups in total. The smallest absolute Gasteiger partial charge is 0.0372 e. The minimum absolute atomic E-state index is 0.411. The van der Waals surface area contributed by atoms with Crippen molar-refractivity contribution < 1.29 is 0 Å². The summed E-state index contributed by atoms with van der Waals surface area (Å²) in [5.41, 5.74) is 0.432. The van der Waals surface area contributed by atoms with Gasteiger partial charge in [-0.25, -0.2) is 0 Å². The van der Waals surface area contributed by atoms with E-state index in [1.807, 2.05) is 0 Å². The van der Waals surface area contributed by atoms with Crippen molar-refractivity contribution in [2.45, 2.75) is 78.5 Å². The molecule has 2 fully saturated rings. The Morgan fingerprint density at radius 3 is 2.11 bits per heavy atom. The van der Waals surface area contributed by atoms with Crippen LogP contribution >= 0.6 is 11.6 Å². The lowest BCUT2D eigenvalue weighted by molar-refractivity contribution is 0.0279. The van der Waals surface area contributed by atoms with Gasteiger partial charge in [0.2, 0.25) is 0 Å². The van der Waals surface area contributed by atoms with Gasteiger partial charge in [-0.15, -0.1) is 11.6 Å². The summed E-state index contributed by atoms with van der Waals surface area (Å²) < 4.78 is 0. The third-order valence-electron chi connectivity index (χ3n) is 6.64. The van der Waals surface area contributed by atoms with Crippen molar-refractivity contribution in [3.05, 3.63) is 0 Å². The molecule has 0 nitrogen and oxygen atoms in total. The lowest BCUT2D eigenvalue weighted by Crippen LogP contribution is -2.42. The molecule has 6 unspecified atom stereocenters. The third-order valence-corrected chi connectivity index (χ3v) is 7.12. The Balaban J connectivity index is 2.04. The van der Waals surface area contributed by atoms with E-state index in [9.17, 15) is 0 Å². The average molecular weight is 285 g/mol. The zero-order valence-corrected chi connectivity index (χ0v) is 14.3. The van der Waals surface area contributed by atoms with Crippen LogP contribution in [-0.4, -0.2) is 5.38 Å². The van der Waals surface area contributed by atoms with Crippen LogP contribution in [0.25, 0.3) is 0 Å². The van der Waals surface area contributed by atoms with Crippen LogP contribution in [0.3, 0.4) is 0 Å². The van der Waals surface area contributed by atoms with Gasteiger partial charge in [0.1, 0.15) is 0 Å². The molecule has 2 aliphatic carbocycles. The average Bonchev–Trinajstić information content (AvgIpc) is 2.32. The third kappa shape index (κ3) is 3.31. The molecule has 6 atom stereocenters. The van der Waals surface area contributed by atoms with Gasteiger partial charge in [0.15, 0.2) is 0 Å². The number of alkyl halides is 1. The molecule has 0 aliphatic heterocycles. The van der Waals surface area contributed by atoms with Crippen LogP contribution in [0.5, 0.6) is 0 Å². The highest BCUT2D eigenvalue weighted by molar-refractivity contribution is 6.20. The van der Waals surface area contributed by atoms with Crippen molar-refractivity contribution in [2.24, 2.45) is 35.0 Å². The van der Waals surface area contributed by atoms with E-state index in [1.165, 1.54) is 38.5 Å². The fourth-order valence-corrected chi connectivity index (χ4v) is 5.43. The molecule has 0 amide bonds. The second-order valence-electron chi connectivity index (χ2n) is 8.33. The summed E-state index contributed by atoms with van der Waals surface area (Å²) in [6.07, 6.45) is 8.23. The van der Waals surface area contributed by atoms with Crippen LogP contribution in [-0.2, 0) is 0 Å². The van der Waals surface area contributed by atoms with Crippen molar-refractivity contribution in [3.63, 3.8) is 0 Å². The number of hydrogen-bond donors (Lipinski definition) is 0. The zero-order chi connectivity index (χ0) is 14.2. The number of rotatable bonds is 2. The fourth-order valence-electron chi connectivity index (χ4n) is 4.68. The summed E-state index contributed by atoms with van der Waals surface area (Å²) >= 11 is 6.75. The van der Waals surface area contributed by atoms with Gasteiger partial charge in [-0.3, -0.25) is 0 Å². The molecule has 112 valence electrons. The molecular formula is C18H33Cl. The molecule has 1 heteroatoms. The Hall–Kier alpha value is 0.290. The van der Waals surface area contributed by atoms with E-state index in [2.05, 4.69) is 34.6 Å². The normalized spacial score (nSPS) is 45.2. The molecule has 0 heterocycles. The first-order chi connectivity index (χ1) is 8.82. The molecule has 0 saturated heterocycles. The summed E-state index contributed by atoms with van der Waals surface area (Å²) in [5.74, 6) is 4.27. The molecule has 2 rings (SSSR count). The molecule has 0 radical (unpaired) electrons. The molecule has 0 spiro atoms. The van der Waals surface area contributed by atoms with Gasteiger partial charge in [0.05, 0.1) is 0 Å². The van der Waals surface area contributed by atoms with Gasteiger partial charge >= 0.3 is 0 Å². The van der Waals surface area contributed by atoms with E-state index < -0.39 is 0 Å². The van der Waals surface area contributed by atoms with Crippen LogP contribution in [0.2, 0.25) is 0 Å². The maximum absolute atomic E-state index is 6.75. The summed E-state index contributed by atoms with van der Waals surface area (Å²) in [6, 6.07) is 0. The first-order valence-corrected chi connectivity index (χ1v) is 8.90. The van der Waals surface area contributed by atoms with Crippen molar-refractivity contribution in [1.29, 1.82) is 0 Å². The van der Waals surface area contributed by atoms with E-state index in [0.29, 0.717) is 10.8 Å². The summed E-state index contributed by atoms with van der Waals surface area (Å²) in [5, 5.41) is 0.411. The highest BCUT2D eigenvalue weighted by Crippen LogP contribution is 2.51. The molecular weight excluding hydrogens is 252 g/mol. The topological polar surface area (TPSA) is 0 Å². The van der Waals surface area contributed by atoms with Crippen molar-refractivity contribution in [2.75, 3.05) is 0 Å². The largest absolute Gasteiger partial charge is 0.123 e.